The van der Waals surface area contributed by atoms with E-state index in [9.17, 15) is 0 Å². The summed E-state index contributed by atoms with van der Waals surface area (Å²) in [6.45, 7) is 0. The first kappa shape index (κ1) is 33.9. The lowest BCUT2D eigenvalue weighted by atomic mass is 10.1. The Morgan fingerprint density at radius 2 is 0.780 bits per heavy atom. The number of para-hydroxylation sites is 3. The molecule has 3 heterocycles. The van der Waals surface area contributed by atoms with Crippen molar-refractivity contribution < 1.29 is 9.15 Å². The average molecular weight is 788 g/mol. The van der Waals surface area contributed by atoms with Crippen LogP contribution in [0.1, 0.15) is 0 Å². The molecule has 10 aromatic rings. The van der Waals surface area contributed by atoms with Crippen molar-refractivity contribution in [3.63, 3.8) is 0 Å². The fourth-order valence-corrected chi connectivity index (χ4v) is 22.7. The van der Waals surface area contributed by atoms with Gasteiger partial charge >= 0.3 is 0 Å². The number of fused-ring (bicyclic) bond motifs is 11. The number of benzene rings is 9. The lowest BCUT2D eigenvalue weighted by molar-refractivity contribution is 0.487. The van der Waals surface area contributed by atoms with Gasteiger partial charge in [0.05, 0.1) is 0 Å². The molecule has 2 aliphatic rings. The third-order valence-electron chi connectivity index (χ3n) is 12.7. The second-order valence-corrected chi connectivity index (χ2v) is 22.9. The second kappa shape index (κ2) is 13.2. The third-order valence-corrected chi connectivity index (χ3v) is 22.9. The molecular formula is C54H37NO2Si2. The number of ether oxygens (including phenoxy) is 1. The Labute approximate surface area is 345 Å². The zero-order valence-electron chi connectivity index (χ0n) is 32.1. The summed E-state index contributed by atoms with van der Waals surface area (Å²) in [7, 11) is -5.92. The Kier molecular flexibility index (Phi) is 7.57. The van der Waals surface area contributed by atoms with Crippen LogP contribution in [0.25, 0.3) is 21.9 Å². The monoisotopic (exact) mass is 787 g/mol. The molecule has 3 nitrogen and oxygen atoms in total. The maximum absolute atomic E-state index is 7.01. The fraction of sp³-hybridized carbons (Fsp3) is 0. The van der Waals surface area contributed by atoms with Crippen LogP contribution in [0.2, 0.25) is 0 Å². The molecule has 0 fully saturated rings. The van der Waals surface area contributed by atoms with Crippen molar-refractivity contribution in [3.05, 3.63) is 224 Å². The maximum atomic E-state index is 7.01. The van der Waals surface area contributed by atoms with Gasteiger partial charge in [0.2, 0.25) is 0 Å². The molecule has 0 amide bonds. The Balaban J connectivity index is 1.17. The second-order valence-electron chi connectivity index (χ2n) is 15.6. The number of furan rings is 1. The molecule has 59 heavy (non-hydrogen) atoms. The standard InChI is InChI=1S/C54H37NO2Si2/c1-4-18-38(19-5-1)55(39-32-34-44-43-24-10-11-25-45(43)56-48(44)36-39)40-33-35-47-54(37-40)59(49-27-13-12-26-46(49)57-47)52-30-16-14-28-50(52)58(41-20-6-2-7-21-41,42-22-8-3-9-23-42)51-29-15-17-31-53(51)59/h1-37H. The van der Waals surface area contributed by atoms with Gasteiger partial charge < -0.3 is 14.1 Å². The van der Waals surface area contributed by atoms with Crippen LogP contribution < -0.4 is 51.1 Å². The van der Waals surface area contributed by atoms with Crippen LogP contribution in [0.15, 0.2) is 229 Å². The van der Waals surface area contributed by atoms with Gasteiger partial charge in [0.25, 0.3) is 0 Å². The molecule has 0 N–H and O–H groups in total. The van der Waals surface area contributed by atoms with E-state index in [4.69, 9.17) is 9.15 Å². The maximum Gasteiger partial charge on any atom is 0.188 e. The van der Waals surface area contributed by atoms with Gasteiger partial charge in [-0.1, -0.05) is 164 Å². The molecule has 9 aromatic carbocycles. The number of hydrogen-bond acceptors (Lipinski definition) is 3. The predicted molar refractivity (Wildman–Crippen MR) is 249 cm³/mol. The summed E-state index contributed by atoms with van der Waals surface area (Å²) >= 11 is 0. The lowest BCUT2D eigenvalue weighted by Crippen LogP contribution is -2.93. The molecule has 12 rings (SSSR count). The highest BCUT2D eigenvalue weighted by Crippen LogP contribution is 2.40. The van der Waals surface area contributed by atoms with Gasteiger partial charge in [0.15, 0.2) is 16.1 Å². The first-order valence-electron chi connectivity index (χ1n) is 20.3. The normalized spacial score (nSPS) is 14.2. The molecule has 0 bridgehead atoms. The van der Waals surface area contributed by atoms with E-state index in [1.54, 1.807) is 0 Å². The topological polar surface area (TPSA) is 25.6 Å². The minimum Gasteiger partial charge on any atom is -0.458 e. The Morgan fingerprint density at radius 1 is 0.305 bits per heavy atom. The summed E-state index contributed by atoms with van der Waals surface area (Å²) in [5.41, 5.74) is 4.92. The highest BCUT2D eigenvalue weighted by Gasteiger charge is 2.59. The number of anilines is 3. The van der Waals surface area contributed by atoms with Crippen molar-refractivity contribution in [2.45, 2.75) is 0 Å². The summed E-state index contributed by atoms with van der Waals surface area (Å²) in [5, 5.41) is 13.3. The van der Waals surface area contributed by atoms with Gasteiger partial charge in [0, 0.05) is 33.9 Å². The number of rotatable bonds is 5. The summed E-state index contributed by atoms with van der Waals surface area (Å²) in [4.78, 5) is 2.36. The van der Waals surface area contributed by atoms with Crippen LogP contribution in [0.4, 0.5) is 17.1 Å². The van der Waals surface area contributed by atoms with Crippen LogP contribution in [-0.4, -0.2) is 16.1 Å². The SMILES string of the molecule is c1ccc(N(c2ccc3c(c2)[Si]2(c4ccccc4O3)c3ccccc3[Si](c3ccccc3)(c3ccccc3)c3ccccc32)c2ccc3c(c2)oc2ccccc23)cc1. The molecule has 0 saturated heterocycles. The van der Waals surface area contributed by atoms with Crippen LogP contribution in [0, 0.1) is 0 Å². The van der Waals surface area contributed by atoms with E-state index in [1.807, 2.05) is 12.1 Å². The van der Waals surface area contributed by atoms with Gasteiger partial charge in [-0.05, 0) is 96.1 Å². The predicted octanol–water partition coefficient (Wildman–Crippen LogP) is 8.23. The first-order chi connectivity index (χ1) is 29.3. The molecule has 0 unspecified atom stereocenters. The van der Waals surface area contributed by atoms with Crippen molar-refractivity contribution in [2.24, 2.45) is 0 Å². The van der Waals surface area contributed by atoms with Crippen molar-refractivity contribution in [1.29, 1.82) is 0 Å². The van der Waals surface area contributed by atoms with E-state index in [0.29, 0.717) is 0 Å². The molecule has 2 aliphatic heterocycles. The molecule has 0 saturated carbocycles. The van der Waals surface area contributed by atoms with Gasteiger partial charge in [-0.2, -0.15) is 0 Å². The summed E-state index contributed by atoms with van der Waals surface area (Å²) in [5.74, 6) is 1.85. The van der Waals surface area contributed by atoms with Crippen LogP contribution >= 0.6 is 0 Å². The van der Waals surface area contributed by atoms with Crippen LogP contribution in [0.3, 0.4) is 0 Å². The van der Waals surface area contributed by atoms with Gasteiger partial charge in [-0.25, -0.2) is 0 Å². The quantitative estimate of drug-likeness (QED) is 0.165. The van der Waals surface area contributed by atoms with E-state index in [0.717, 1.165) is 50.5 Å². The van der Waals surface area contributed by atoms with Gasteiger partial charge in [0.1, 0.15) is 22.7 Å². The molecule has 0 atom stereocenters. The molecule has 1 aromatic heterocycles. The summed E-state index contributed by atoms with van der Waals surface area (Å²) in [6.07, 6.45) is 0. The first-order valence-corrected chi connectivity index (χ1v) is 24.3. The van der Waals surface area contributed by atoms with Gasteiger partial charge in [-0.15, -0.1) is 0 Å². The van der Waals surface area contributed by atoms with Gasteiger partial charge in [-0.3, -0.25) is 0 Å². The molecule has 0 radical (unpaired) electrons. The van der Waals surface area contributed by atoms with E-state index >= 15 is 0 Å². The number of nitrogens with zero attached hydrogens (tertiary/aromatic N) is 1. The van der Waals surface area contributed by atoms with Crippen molar-refractivity contribution >= 4 is 96.6 Å². The Bertz CT molecular complexity index is 3130. The van der Waals surface area contributed by atoms with E-state index in [1.165, 1.54) is 41.5 Å². The fourth-order valence-electron chi connectivity index (χ4n) is 10.4. The Morgan fingerprint density at radius 3 is 1.44 bits per heavy atom. The summed E-state index contributed by atoms with van der Waals surface area (Å²) < 4.78 is 13.5. The molecular weight excluding hydrogens is 751 g/mol. The number of hydrogen-bond donors (Lipinski definition) is 0. The van der Waals surface area contributed by atoms with E-state index in [-0.39, 0.29) is 0 Å². The van der Waals surface area contributed by atoms with Crippen molar-refractivity contribution in [1.82, 2.24) is 0 Å². The summed E-state index contributed by atoms with van der Waals surface area (Å²) in [6, 6.07) is 82.7. The third kappa shape index (κ3) is 4.80. The highest BCUT2D eigenvalue weighted by molar-refractivity contribution is 7.33. The van der Waals surface area contributed by atoms with E-state index < -0.39 is 16.1 Å². The Hall–Kier alpha value is -7.19. The van der Waals surface area contributed by atoms with Crippen LogP contribution in [0.5, 0.6) is 11.5 Å². The zero-order chi connectivity index (χ0) is 39.0. The minimum absolute atomic E-state index is 0.865. The lowest BCUT2D eigenvalue weighted by Gasteiger charge is -2.50. The van der Waals surface area contributed by atoms with E-state index in [2.05, 4.69) is 217 Å². The zero-order valence-corrected chi connectivity index (χ0v) is 34.1. The average Bonchev–Trinajstić information content (AvgIpc) is 3.68. The molecule has 278 valence electrons. The largest absolute Gasteiger partial charge is 0.458 e. The van der Waals surface area contributed by atoms with Crippen molar-refractivity contribution in [3.8, 4) is 11.5 Å². The minimum atomic E-state index is -3.09. The smallest absolute Gasteiger partial charge is 0.188 e. The highest BCUT2D eigenvalue weighted by atomic mass is 28.3. The van der Waals surface area contributed by atoms with Crippen molar-refractivity contribution in [2.75, 3.05) is 4.90 Å². The molecule has 0 aliphatic carbocycles. The molecule has 5 heteroatoms. The van der Waals surface area contributed by atoms with Crippen LogP contribution in [-0.2, 0) is 0 Å². The molecule has 1 spiro atoms.